The highest BCUT2D eigenvalue weighted by Crippen LogP contribution is 2.18. The maximum Gasteiger partial charge on any atom is 0.234 e. The lowest BCUT2D eigenvalue weighted by Gasteiger charge is -2.34. The molecule has 1 amide bonds. The number of amides is 1. The van der Waals surface area contributed by atoms with E-state index in [2.05, 4.69) is 46.1 Å². The minimum absolute atomic E-state index is 0.0463. The van der Waals surface area contributed by atoms with Gasteiger partial charge in [0.2, 0.25) is 5.91 Å². The summed E-state index contributed by atoms with van der Waals surface area (Å²) in [5.41, 5.74) is 1.30. The quantitative estimate of drug-likeness (QED) is 0.711. The topological polar surface area (TPSA) is 57.7 Å². The zero-order valence-corrected chi connectivity index (χ0v) is 16.8. The predicted octanol–water partition coefficient (Wildman–Crippen LogP) is 2.52. The first-order valence-corrected chi connectivity index (χ1v) is 9.99. The van der Waals surface area contributed by atoms with Gasteiger partial charge in [0.05, 0.1) is 13.1 Å². The summed E-state index contributed by atoms with van der Waals surface area (Å²) >= 11 is 0. The molecule has 0 atom stereocenters. The molecule has 1 aliphatic heterocycles. The molecule has 150 valence electrons. The molecule has 0 bridgehead atoms. The van der Waals surface area contributed by atoms with Gasteiger partial charge in [-0.3, -0.25) is 9.69 Å². The van der Waals surface area contributed by atoms with Crippen LogP contribution in [0.2, 0.25) is 0 Å². The van der Waals surface area contributed by atoms with Crippen molar-refractivity contribution in [3.8, 4) is 5.75 Å². The number of carbonyl (C=O) groups is 1. The Balaban J connectivity index is 1.31. The van der Waals surface area contributed by atoms with Crippen LogP contribution in [0.5, 0.6) is 5.75 Å². The van der Waals surface area contributed by atoms with Gasteiger partial charge in [0.15, 0.2) is 0 Å². The molecule has 0 aliphatic carbocycles. The molecule has 0 unspecified atom stereocenters. The zero-order valence-electron chi connectivity index (χ0n) is 16.8. The Morgan fingerprint density at radius 1 is 1.11 bits per heavy atom. The number of pyridine rings is 1. The van der Waals surface area contributed by atoms with Crippen molar-refractivity contribution in [1.29, 1.82) is 0 Å². The Morgan fingerprint density at radius 2 is 1.86 bits per heavy atom. The van der Waals surface area contributed by atoms with E-state index in [0.29, 0.717) is 25.6 Å². The number of anilines is 1. The number of nitrogens with zero attached hydrogens (tertiary/aromatic N) is 3. The van der Waals surface area contributed by atoms with Crippen LogP contribution in [-0.2, 0) is 4.79 Å². The fraction of sp³-hybridized carbons (Fsp3) is 0.455. The van der Waals surface area contributed by atoms with Gasteiger partial charge in [-0.25, -0.2) is 4.98 Å². The highest BCUT2D eigenvalue weighted by molar-refractivity contribution is 5.78. The van der Waals surface area contributed by atoms with Crippen LogP contribution in [0.3, 0.4) is 0 Å². The summed E-state index contributed by atoms with van der Waals surface area (Å²) in [5.74, 6) is 2.40. The largest absolute Gasteiger partial charge is 0.492 e. The third-order valence-electron chi connectivity index (χ3n) is 4.95. The lowest BCUT2D eigenvalue weighted by Crippen LogP contribution is -2.50. The van der Waals surface area contributed by atoms with Crippen molar-refractivity contribution in [3.05, 3.63) is 54.2 Å². The Morgan fingerprint density at radius 3 is 2.50 bits per heavy atom. The second kappa shape index (κ2) is 10.1. The minimum atomic E-state index is 0.0463. The maximum atomic E-state index is 12.2. The van der Waals surface area contributed by atoms with E-state index in [-0.39, 0.29) is 5.91 Å². The molecular formula is C22H30N4O2. The second-order valence-electron chi connectivity index (χ2n) is 7.37. The molecule has 0 radical (unpaired) electrons. The zero-order chi connectivity index (χ0) is 19.8. The van der Waals surface area contributed by atoms with Crippen LogP contribution in [0.4, 0.5) is 5.82 Å². The predicted molar refractivity (Wildman–Crippen MR) is 112 cm³/mol. The van der Waals surface area contributed by atoms with Crippen molar-refractivity contribution in [2.75, 3.05) is 50.8 Å². The fourth-order valence-electron chi connectivity index (χ4n) is 3.24. The van der Waals surface area contributed by atoms with Gasteiger partial charge >= 0.3 is 0 Å². The molecule has 1 saturated heterocycles. The van der Waals surface area contributed by atoms with Gasteiger partial charge in [-0.15, -0.1) is 0 Å². The first-order valence-electron chi connectivity index (χ1n) is 9.99. The van der Waals surface area contributed by atoms with E-state index in [4.69, 9.17) is 4.74 Å². The molecule has 0 spiro atoms. The van der Waals surface area contributed by atoms with Gasteiger partial charge in [-0.2, -0.15) is 0 Å². The minimum Gasteiger partial charge on any atom is -0.492 e. The third-order valence-corrected chi connectivity index (χ3v) is 4.95. The smallest absolute Gasteiger partial charge is 0.234 e. The molecule has 1 aromatic heterocycles. The number of carbonyl (C=O) groups excluding carboxylic acids is 1. The van der Waals surface area contributed by atoms with Crippen molar-refractivity contribution >= 4 is 11.7 Å². The Bertz CT molecular complexity index is 726. The molecular weight excluding hydrogens is 352 g/mol. The summed E-state index contributed by atoms with van der Waals surface area (Å²) in [6.07, 6.45) is 1.82. The number of nitrogens with one attached hydrogen (secondary N) is 1. The summed E-state index contributed by atoms with van der Waals surface area (Å²) in [5, 5.41) is 2.94. The van der Waals surface area contributed by atoms with E-state index in [0.717, 1.165) is 37.7 Å². The maximum absolute atomic E-state index is 12.2. The molecule has 6 nitrogen and oxygen atoms in total. The fourth-order valence-corrected chi connectivity index (χ4v) is 3.24. The molecule has 1 aliphatic rings. The second-order valence-corrected chi connectivity index (χ2v) is 7.37. The van der Waals surface area contributed by atoms with Crippen molar-refractivity contribution in [2.45, 2.75) is 19.8 Å². The Hall–Kier alpha value is -2.60. The van der Waals surface area contributed by atoms with Gasteiger partial charge < -0.3 is 15.0 Å². The van der Waals surface area contributed by atoms with Gasteiger partial charge in [-0.05, 0) is 35.7 Å². The average molecular weight is 383 g/mol. The SMILES string of the molecule is CC(C)c1ccc(OCCNC(=O)CN2CCN(c3ccccn3)CC2)cc1. The first kappa shape index (κ1) is 20.1. The van der Waals surface area contributed by atoms with Crippen molar-refractivity contribution in [1.82, 2.24) is 15.2 Å². The van der Waals surface area contributed by atoms with E-state index < -0.39 is 0 Å². The average Bonchev–Trinajstić information content (AvgIpc) is 2.73. The lowest BCUT2D eigenvalue weighted by molar-refractivity contribution is -0.122. The van der Waals surface area contributed by atoms with Crippen LogP contribution in [0, 0.1) is 0 Å². The molecule has 6 heteroatoms. The number of rotatable bonds is 8. The molecule has 2 heterocycles. The summed E-state index contributed by atoms with van der Waals surface area (Å²) in [7, 11) is 0. The number of hydrogen-bond donors (Lipinski definition) is 1. The number of benzene rings is 1. The van der Waals surface area contributed by atoms with Crippen LogP contribution in [0.15, 0.2) is 48.7 Å². The normalized spacial score (nSPS) is 14.9. The van der Waals surface area contributed by atoms with E-state index in [9.17, 15) is 4.79 Å². The molecule has 28 heavy (non-hydrogen) atoms. The summed E-state index contributed by atoms with van der Waals surface area (Å²) in [4.78, 5) is 21.0. The van der Waals surface area contributed by atoms with Gasteiger partial charge in [0.1, 0.15) is 18.2 Å². The Labute approximate surface area is 167 Å². The summed E-state index contributed by atoms with van der Waals surface area (Å²) < 4.78 is 5.70. The first-order chi connectivity index (χ1) is 13.6. The van der Waals surface area contributed by atoms with Crippen LogP contribution in [-0.4, -0.2) is 61.7 Å². The highest BCUT2D eigenvalue weighted by atomic mass is 16.5. The van der Waals surface area contributed by atoms with Crippen molar-refractivity contribution < 1.29 is 9.53 Å². The molecule has 2 aromatic rings. The molecule has 1 N–H and O–H groups in total. The molecule has 3 rings (SSSR count). The van der Waals surface area contributed by atoms with E-state index in [1.807, 2.05) is 36.5 Å². The molecule has 1 fully saturated rings. The lowest BCUT2D eigenvalue weighted by atomic mass is 10.0. The summed E-state index contributed by atoms with van der Waals surface area (Å²) in [6.45, 7) is 9.26. The van der Waals surface area contributed by atoms with E-state index >= 15 is 0 Å². The van der Waals surface area contributed by atoms with Crippen LogP contribution in [0.25, 0.3) is 0 Å². The highest BCUT2D eigenvalue weighted by Gasteiger charge is 2.19. The van der Waals surface area contributed by atoms with Gasteiger partial charge in [0.25, 0.3) is 0 Å². The summed E-state index contributed by atoms with van der Waals surface area (Å²) in [6, 6.07) is 14.1. The molecule has 0 saturated carbocycles. The Kier molecular flexibility index (Phi) is 7.25. The number of aromatic nitrogens is 1. The van der Waals surface area contributed by atoms with Gasteiger partial charge in [0, 0.05) is 32.4 Å². The third kappa shape index (κ3) is 5.96. The van der Waals surface area contributed by atoms with Crippen molar-refractivity contribution in [3.63, 3.8) is 0 Å². The van der Waals surface area contributed by atoms with Crippen LogP contribution >= 0.6 is 0 Å². The van der Waals surface area contributed by atoms with Crippen LogP contribution in [0.1, 0.15) is 25.3 Å². The molecule has 1 aromatic carbocycles. The van der Waals surface area contributed by atoms with Gasteiger partial charge in [-0.1, -0.05) is 32.0 Å². The standard InChI is InChI=1S/C22H30N4O2/c1-18(2)19-6-8-20(9-7-19)28-16-11-24-22(27)17-25-12-14-26(15-13-25)21-5-3-4-10-23-21/h3-10,18H,11-17H2,1-2H3,(H,24,27). The number of hydrogen-bond acceptors (Lipinski definition) is 5. The van der Waals surface area contributed by atoms with E-state index in [1.54, 1.807) is 0 Å². The monoisotopic (exact) mass is 382 g/mol. The number of piperazine rings is 1. The van der Waals surface area contributed by atoms with Crippen LogP contribution < -0.4 is 15.0 Å². The van der Waals surface area contributed by atoms with Crippen molar-refractivity contribution in [2.24, 2.45) is 0 Å². The van der Waals surface area contributed by atoms with E-state index in [1.165, 1.54) is 5.56 Å². The number of ether oxygens (including phenoxy) is 1.